The van der Waals surface area contributed by atoms with Crippen LogP contribution >= 0.6 is 0 Å². The van der Waals surface area contributed by atoms with Gasteiger partial charge in [-0.1, -0.05) is 32.6 Å². The van der Waals surface area contributed by atoms with Crippen LogP contribution in [0.2, 0.25) is 0 Å². The van der Waals surface area contributed by atoms with Gasteiger partial charge in [-0.05, 0) is 39.2 Å². The molecule has 2 heteroatoms. The van der Waals surface area contributed by atoms with Crippen molar-refractivity contribution in [2.75, 3.05) is 7.05 Å². The molecule has 1 saturated carbocycles. The van der Waals surface area contributed by atoms with E-state index in [0.717, 1.165) is 5.92 Å². The molecule has 0 aliphatic heterocycles. The van der Waals surface area contributed by atoms with Gasteiger partial charge >= 0.3 is 0 Å². The smallest absolute Gasteiger partial charge is 0.104 e. The molecule has 3 atom stereocenters. The minimum absolute atomic E-state index is 0.299. The third kappa shape index (κ3) is 3.76. The van der Waals surface area contributed by atoms with Crippen molar-refractivity contribution in [1.82, 2.24) is 4.90 Å². The number of rotatable bonds is 4. The second-order valence-corrected chi connectivity index (χ2v) is 5.05. The Labute approximate surface area is 94.7 Å². The van der Waals surface area contributed by atoms with E-state index in [1.165, 1.54) is 44.9 Å². The lowest BCUT2D eigenvalue weighted by Crippen LogP contribution is -2.42. The summed E-state index contributed by atoms with van der Waals surface area (Å²) in [6.07, 6.45) is 9.02. The zero-order valence-corrected chi connectivity index (χ0v) is 10.6. The second-order valence-electron chi connectivity index (χ2n) is 5.05. The van der Waals surface area contributed by atoms with Crippen molar-refractivity contribution in [2.24, 2.45) is 5.92 Å². The molecule has 0 aromatic carbocycles. The van der Waals surface area contributed by atoms with Crippen molar-refractivity contribution in [3.8, 4) is 0 Å². The number of hydrogen-bond donors (Lipinski definition) is 1. The van der Waals surface area contributed by atoms with Gasteiger partial charge in [0.1, 0.15) is 6.23 Å². The van der Waals surface area contributed by atoms with E-state index in [4.69, 9.17) is 0 Å². The van der Waals surface area contributed by atoms with E-state index in [-0.39, 0.29) is 6.23 Å². The monoisotopic (exact) mass is 213 g/mol. The van der Waals surface area contributed by atoms with Crippen LogP contribution in [0.3, 0.4) is 0 Å². The summed E-state index contributed by atoms with van der Waals surface area (Å²) in [7, 11) is 2.07. The molecule has 3 unspecified atom stereocenters. The van der Waals surface area contributed by atoms with Gasteiger partial charge in [-0.3, -0.25) is 4.90 Å². The first-order valence-electron chi connectivity index (χ1n) is 6.56. The van der Waals surface area contributed by atoms with Crippen molar-refractivity contribution < 1.29 is 5.11 Å². The summed E-state index contributed by atoms with van der Waals surface area (Å²) in [6, 6.07) is 0.604. The fraction of sp³-hybridized carbons (Fsp3) is 1.00. The standard InChI is InChI=1S/C13H27NO/c1-4-8-12-9-6-5-7-10-13(12)14(3)11(2)15/h11-13,15H,4-10H2,1-3H3. The summed E-state index contributed by atoms with van der Waals surface area (Å²) in [5.74, 6) is 0.803. The average Bonchev–Trinajstić information content (AvgIpc) is 2.43. The van der Waals surface area contributed by atoms with Crippen LogP contribution in [0.25, 0.3) is 0 Å². The maximum Gasteiger partial charge on any atom is 0.104 e. The Morgan fingerprint density at radius 2 is 1.93 bits per heavy atom. The Bertz CT molecular complexity index is 170. The van der Waals surface area contributed by atoms with E-state index < -0.39 is 0 Å². The normalized spacial score (nSPS) is 30.2. The minimum atomic E-state index is -0.299. The molecule has 15 heavy (non-hydrogen) atoms. The first kappa shape index (κ1) is 13.0. The van der Waals surface area contributed by atoms with Gasteiger partial charge in [0.15, 0.2) is 0 Å². The summed E-state index contributed by atoms with van der Waals surface area (Å²) in [5, 5.41) is 9.68. The van der Waals surface area contributed by atoms with Crippen molar-refractivity contribution in [1.29, 1.82) is 0 Å². The Morgan fingerprint density at radius 1 is 1.27 bits per heavy atom. The van der Waals surface area contributed by atoms with Gasteiger partial charge in [0.25, 0.3) is 0 Å². The molecular formula is C13H27NO. The fourth-order valence-corrected chi connectivity index (χ4v) is 2.89. The highest BCUT2D eigenvalue weighted by Gasteiger charge is 2.27. The van der Waals surface area contributed by atoms with Crippen LogP contribution in [0, 0.1) is 5.92 Å². The number of aliphatic hydroxyl groups excluding tert-OH is 1. The van der Waals surface area contributed by atoms with E-state index in [0.29, 0.717) is 6.04 Å². The molecule has 1 rings (SSSR count). The molecular weight excluding hydrogens is 186 g/mol. The van der Waals surface area contributed by atoms with E-state index in [1.54, 1.807) is 0 Å². The maximum absolute atomic E-state index is 9.68. The van der Waals surface area contributed by atoms with Gasteiger partial charge in [0, 0.05) is 6.04 Å². The SMILES string of the molecule is CCCC1CCCCCC1N(C)C(C)O. The Hall–Kier alpha value is -0.0800. The number of aliphatic hydroxyl groups is 1. The summed E-state index contributed by atoms with van der Waals surface area (Å²) in [6.45, 7) is 4.15. The summed E-state index contributed by atoms with van der Waals surface area (Å²) in [5.41, 5.74) is 0. The molecule has 0 bridgehead atoms. The zero-order valence-electron chi connectivity index (χ0n) is 10.6. The molecule has 0 saturated heterocycles. The highest BCUT2D eigenvalue weighted by Crippen LogP contribution is 2.30. The van der Waals surface area contributed by atoms with Crippen molar-refractivity contribution in [3.63, 3.8) is 0 Å². The second kappa shape index (κ2) is 6.49. The van der Waals surface area contributed by atoms with Gasteiger partial charge in [0.2, 0.25) is 0 Å². The van der Waals surface area contributed by atoms with Crippen molar-refractivity contribution >= 4 is 0 Å². The Morgan fingerprint density at radius 3 is 2.53 bits per heavy atom. The van der Waals surface area contributed by atoms with Gasteiger partial charge in [0.05, 0.1) is 0 Å². The van der Waals surface area contributed by atoms with E-state index in [9.17, 15) is 5.11 Å². The maximum atomic E-state index is 9.68. The molecule has 0 radical (unpaired) electrons. The molecule has 2 nitrogen and oxygen atoms in total. The molecule has 0 spiro atoms. The summed E-state index contributed by atoms with van der Waals surface area (Å²) in [4.78, 5) is 2.17. The predicted octanol–water partition coefficient (Wildman–Crippen LogP) is 3.01. The molecule has 0 amide bonds. The van der Waals surface area contributed by atoms with Gasteiger partial charge < -0.3 is 5.11 Å². The zero-order chi connectivity index (χ0) is 11.3. The van der Waals surface area contributed by atoms with Crippen molar-refractivity contribution in [2.45, 2.75) is 71.1 Å². The lowest BCUT2D eigenvalue weighted by atomic mass is 9.89. The molecule has 1 fully saturated rings. The molecule has 0 heterocycles. The molecule has 0 aromatic heterocycles. The highest BCUT2D eigenvalue weighted by atomic mass is 16.3. The van der Waals surface area contributed by atoms with Crippen LogP contribution in [0.4, 0.5) is 0 Å². The van der Waals surface area contributed by atoms with E-state index in [2.05, 4.69) is 18.9 Å². The first-order valence-corrected chi connectivity index (χ1v) is 6.56. The summed E-state index contributed by atoms with van der Waals surface area (Å²) < 4.78 is 0. The highest BCUT2D eigenvalue weighted by molar-refractivity contribution is 4.80. The fourth-order valence-electron chi connectivity index (χ4n) is 2.89. The van der Waals surface area contributed by atoms with Gasteiger partial charge in [-0.25, -0.2) is 0 Å². The molecule has 1 aliphatic rings. The minimum Gasteiger partial charge on any atom is -0.379 e. The van der Waals surface area contributed by atoms with E-state index >= 15 is 0 Å². The molecule has 1 aliphatic carbocycles. The number of hydrogen-bond acceptors (Lipinski definition) is 2. The van der Waals surface area contributed by atoms with Crippen LogP contribution in [0.5, 0.6) is 0 Å². The third-order valence-corrected chi connectivity index (χ3v) is 3.89. The molecule has 0 aromatic rings. The lowest BCUT2D eigenvalue weighted by Gasteiger charge is -2.35. The molecule has 1 N–H and O–H groups in total. The summed E-state index contributed by atoms with van der Waals surface area (Å²) >= 11 is 0. The third-order valence-electron chi connectivity index (χ3n) is 3.89. The van der Waals surface area contributed by atoms with Crippen LogP contribution in [-0.4, -0.2) is 29.3 Å². The Balaban J connectivity index is 2.60. The van der Waals surface area contributed by atoms with E-state index in [1.807, 2.05) is 6.92 Å². The molecule has 90 valence electrons. The first-order chi connectivity index (χ1) is 7.16. The van der Waals surface area contributed by atoms with Crippen molar-refractivity contribution in [3.05, 3.63) is 0 Å². The number of nitrogens with zero attached hydrogens (tertiary/aromatic N) is 1. The lowest BCUT2D eigenvalue weighted by molar-refractivity contribution is -0.0130. The van der Waals surface area contributed by atoms with Crippen LogP contribution in [0.1, 0.15) is 58.8 Å². The van der Waals surface area contributed by atoms with Gasteiger partial charge in [-0.2, -0.15) is 0 Å². The Kier molecular flexibility index (Phi) is 5.62. The topological polar surface area (TPSA) is 23.5 Å². The predicted molar refractivity (Wildman–Crippen MR) is 64.7 cm³/mol. The van der Waals surface area contributed by atoms with Gasteiger partial charge in [-0.15, -0.1) is 0 Å². The largest absolute Gasteiger partial charge is 0.379 e. The average molecular weight is 213 g/mol. The van der Waals surface area contributed by atoms with Crippen LogP contribution in [0.15, 0.2) is 0 Å². The van der Waals surface area contributed by atoms with Crippen LogP contribution in [-0.2, 0) is 0 Å². The quantitative estimate of drug-likeness (QED) is 0.573. The van der Waals surface area contributed by atoms with Crippen LogP contribution < -0.4 is 0 Å².